The highest BCUT2D eigenvalue weighted by Crippen LogP contribution is 2.39. The van der Waals surface area contributed by atoms with Gasteiger partial charge in [-0.15, -0.1) is 11.3 Å². The van der Waals surface area contributed by atoms with Crippen molar-refractivity contribution >= 4 is 29.3 Å². The number of nitrogens with zero attached hydrogens (tertiary/aromatic N) is 3. The first-order valence-electron chi connectivity index (χ1n) is 11.5. The number of carbonyl (C=O) groups is 2. The van der Waals surface area contributed by atoms with Crippen LogP contribution in [0.2, 0.25) is 0 Å². The fourth-order valence-corrected chi connectivity index (χ4v) is 6.09. The number of nitriles is 1. The van der Waals surface area contributed by atoms with E-state index in [9.17, 15) is 14.9 Å². The van der Waals surface area contributed by atoms with Crippen LogP contribution in [-0.2, 0) is 27.1 Å². The molecule has 0 bridgehead atoms. The van der Waals surface area contributed by atoms with Crippen LogP contribution in [-0.4, -0.2) is 54.3 Å². The molecule has 174 valence electrons. The zero-order valence-electron chi connectivity index (χ0n) is 19.4. The molecular weight excluding hydrogens is 438 g/mol. The minimum atomic E-state index is -0.281. The Morgan fingerprint density at radius 1 is 1.24 bits per heavy atom. The molecule has 1 aliphatic carbocycles. The Morgan fingerprint density at radius 3 is 2.67 bits per heavy atom. The lowest BCUT2D eigenvalue weighted by Gasteiger charge is -2.26. The van der Waals surface area contributed by atoms with Crippen LogP contribution in [0.5, 0.6) is 0 Å². The normalized spacial score (nSPS) is 16.3. The molecule has 4 rings (SSSR count). The average molecular weight is 468 g/mol. The Kier molecular flexibility index (Phi) is 7.01. The van der Waals surface area contributed by atoms with E-state index in [1.54, 1.807) is 22.3 Å². The number of hydrogen-bond donors (Lipinski definition) is 0. The molecule has 1 saturated heterocycles. The third kappa shape index (κ3) is 4.48. The number of esters is 1. The number of morpholine rings is 1. The first-order chi connectivity index (χ1) is 16.0. The SMILES string of the molecule is CCOC(=O)c1c(-n2c(C)cc(/C=C(/C#N)C(=O)N3CCOCC3)c2C)sc2c1CCCC2. The number of hydrogen-bond acceptors (Lipinski definition) is 6. The Labute approximate surface area is 198 Å². The van der Waals surface area contributed by atoms with Crippen molar-refractivity contribution in [1.82, 2.24) is 9.47 Å². The molecule has 2 aromatic heterocycles. The second kappa shape index (κ2) is 9.94. The Hall–Kier alpha value is -2.89. The van der Waals surface area contributed by atoms with Crippen molar-refractivity contribution in [3.63, 3.8) is 0 Å². The molecule has 0 N–H and O–H groups in total. The van der Waals surface area contributed by atoms with Gasteiger partial charge >= 0.3 is 5.97 Å². The number of thiophene rings is 1. The molecule has 1 amide bonds. The largest absolute Gasteiger partial charge is 0.462 e. The van der Waals surface area contributed by atoms with E-state index in [0.29, 0.717) is 38.5 Å². The van der Waals surface area contributed by atoms with Gasteiger partial charge in [-0.2, -0.15) is 5.26 Å². The van der Waals surface area contributed by atoms with Crippen LogP contribution in [0.4, 0.5) is 0 Å². The van der Waals surface area contributed by atoms with Crippen molar-refractivity contribution < 1.29 is 19.1 Å². The molecule has 0 saturated carbocycles. The number of rotatable bonds is 5. The maximum atomic E-state index is 12.9. The van der Waals surface area contributed by atoms with Gasteiger partial charge in [0.05, 0.1) is 25.4 Å². The fraction of sp³-hybridized carbons (Fsp3) is 0.480. The number of aryl methyl sites for hydroxylation is 2. The van der Waals surface area contributed by atoms with Crippen LogP contribution in [0.1, 0.15) is 57.5 Å². The maximum Gasteiger partial charge on any atom is 0.341 e. The summed E-state index contributed by atoms with van der Waals surface area (Å²) in [6, 6.07) is 4.04. The summed E-state index contributed by atoms with van der Waals surface area (Å²) < 4.78 is 12.8. The van der Waals surface area contributed by atoms with E-state index in [1.807, 2.05) is 26.8 Å². The average Bonchev–Trinajstić information content (AvgIpc) is 3.33. The predicted octanol–water partition coefficient (Wildman–Crippen LogP) is 3.98. The van der Waals surface area contributed by atoms with Gasteiger partial charge in [0.1, 0.15) is 16.6 Å². The van der Waals surface area contributed by atoms with E-state index in [-0.39, 0.29) is 17.4 Å². The third-order valence-corrected chi connectivity index (χ3v) is 7.53. The summed E-state index contributed by atoms with van der Waals surface area (Å²) in [6.45, 7) is 8.03. The van der Waals surface area contributed by atoms with E-state index in [2.05, 4.69) is 10.6 Å². The summed E-state index contributed by atoms with van der Waals surface area (Å²) >= 11 is 1.65. The van der Waals surface area contributed by atoms with Gasteiger partial charge in [-0.25, -0.2) is 4.79 Å². The van der Waals surface area contributed by atoms with Gasteiger partial charge in [0.25, 0.3) is 5.91 Å². The van der Waals surface area contributed by atoms with Crippen molar-refractivity contribution in [2.24, 2.45) is 0 Å². The zero-order chi connectivity index (χ0) is 23.5. The van der Waals surface area contributed by atoms with E-state index in [0.717, 1.165) is 53.2 Å². The molecule has 0 radical (unpaired) electrons. The van der Waals surface area contributed by atoms with Gasteiger partial charge in [0, 0.05) is 29.4 Å². The predicted molar refractivity (Wildman–Crippen MR) is 127 cm³/mol. The summed E-state index contributed by atoms with van der Waals surface area (Å²) in [6.07, 6.45) is 5.72. The van der Waals surface area contributed by atoms with Gasteiger partial charge in [0.15, 0.2) is 0 Å². The van der Waals surface area contributed by atoms with Crippen LogP contribution >= 0.6 is 11.3 Å². The topological polar surface area (TPSA) is 84.6 Å². The van der Waals surface area contributed by atoms with E-state index >= 15 is 0 Å². The molecule has 0 spiro atoms. The second-order valence-electron chi connectivity index (χ2n) is 8.35. The highest BCUT2D eigenvalue weighted by atomic mass is 32.1. The van der Waals surface area contributed by atoms with Gasteiger partial charge in [0.2, 0.25) is 0 Å². The molecule has 1 fully saturated rings. The zero-order valence-corrected chi connectivity index (χ0v) is 20.2. The van der Waals surface area contributed by atoms with Gasteiger partial charge in [-0.05, 0) is 69.7 Å². The minimum Gasteiger partial charge on any atom is -0.462 e. The van der Waals surface area contributed by atoms with Gasteiger partial charge in [-0.3, -0.25) is 4.79 Å². The molecule has 2 aliphatic rings. The number of carbonyl (C=O) groups excluding carboxylic acids is 2. The van der Waals surface area contributed by atoms with Gasteiger partial charge in [-0.1, -0.05) is 0 Å². The van der Waals surface area contributed by atoms with Crippen molar-refractivity contribution in [2.75, 3.05) is 32.9 Å². The number of amides is 1. The monoisotopic (exact) mass is 467 g/mol. The Balaban J connectivity index is 1.76. The lowest BCUT2D eigenvalue weighted by molar-refractivity contribution is -0.130. The fourth-order valence-electron chi connectivity index (χ4n) is 4.60. The Morgan fingerprint density at radius 2 is 1.97 bits per heavy atom. The molecule has 0 atom stereocenters. The van der Waals surface area contributed by atoms with Crippen LogP contribution < -0.4 is 0 Å². The quantitative estimate of drug-likeness (QED) is 0.377. The molecule has 0 unspecified atom stereocenters. The van der Waals surface area contributed by atoms with E-state index < -0.39 is 0 Å². The lowest BCUT2D eigenvalue weighted by atomic mass is 9.95. The summed E-state index contributed by atoms with van der Waals surface area (Å²) in [5, 5.41) is 10.6. The summed E-state index contributed by atoms with van der Waals surface area (Å²) in [5.41, 5.74) is 4.52. The van der Waals surface area contributed by atoms with Crippen molar-refractivity contribution in [1.29, 1.82) is 5.26 Å². The molecule has 8 heteroatoms. The summed E-state index contributed by atoms with van der Waals surface area (Å²) in [4.78, 5) is 28.7. The van der Waals surface area contributed by atoms with Crippen LogP contribution in [0.3, 0.4) is 0 Å². The van der Waals surface area contributed by atoms with Crippen molar-refractivity contribution in [3.8, 4) is 11.1 Å². The third-order valence-electron chi connectivity index (χ3n) is 6.25. The van der Waals surface area contributed by atoms with E-state index in [4.69, 9.17) is 9.47 Å². The van der Waals surface area contributed by atoms with Crippen molar-refractivity contribution in [2.45, 2.75) is 46.5 Å². The molecular formula is C25H29N3O4S. The first kappa shape index (κ1) is 23.3. The van der Waals surface area contributed by atoms with Crippen LogP contribution in [0, 0.1) is 25.2 Å². The Bertz CT molecular complexity index is 1150. The summed E-state index contributed by atoms with van der Waals surface area (Å²) in [7, 11) is 0. The summed E-state index contributed by atoms with van der Waals surface area (Å²) in [5.74, 6) is -0.555. The second-order valence-corrected chi connectivity index (χ2v) is 9.43. The maximum absolute atomic E-state index is 12.9. The first-order valence-corrected chi connectivity index (χ1v) is 12.3. The highest BCUT2D eigenvalue weighted by Gasteiger charge is 2.29. The molecule has 33 heavy (non-hydrogen) atoms. The molecule has 0 aromatic carbocycles. The lowest BCUT2D eigenvalue weighted by Crippen LogP contribution is -2.41. The van der Waals surface area contributed by atoms with Crippen LogP contribution in [0.25, 0.3) is 11.1 Å². The van der Waals surface area contributed by atoms with Crippen LogP contribution in [0.15, 0.2) is 11.6 Å². The van der Waals surface area contributed by atoms with Gasteiger partial charge < -0.3 is 18.9 Å². The molecule has 2 aromatic rings. The van der Waals surface area contributed by atoms with Crippen molar-refractivity contribution in [3.05, 3.63) is 44.6 Å². The molecule has 3 heterocycles. The smallest absolute Gasteiger partial charge is 0.341 e. The number of fused-ring (bicyclic) bond motifs is 1. The molecule has 1 aliphatic heterocycles. The van der Waals surface area contributed by atoms with E-state index in [1.165, 1.54) is 4.88 Å². The highest BCUT2D eigenvalue weighted by molar-refractivity contribution is 7.15. The standard InChI is InChI=1S/C25H29N3O4S/c1-4-32-25(30)22-20-7-5-6-8-21(20)33-24(22)28-16(2)13-18(17(28)3)14-19(15-26)23(29)27-9-11-31-12-10-27/h13-14H,4-12H2,1-3H3/b19-14-. The number of ether oxygens (including phenoxy) is 2. The number of aromatic nitrogens is 1. The minimum absolute atomic E-state index is 0.105. The molecule has 7 nitrogen and oxygen atoms in total.